The number of rotatable bonds is 5. The third-order valence-corrected chi connectivity index (χ3v) is 3.63. The molecule has 31 heavy (non-hydrogen) atoms. The summed E-state index contributed by atoms with van der Waals surface area (Å²) in [6, 6.07) is -0.340. The van der Waals surface area contributed by atoms with E-state index in [2.05, 4.69) is 23.7 Å². The molecular weight excluding hydrogens is 418 g/mol. The zero-order valence-corrected chi connectivity index (χ0v) is 18.9. The van der Waals surface area contributed by atoms with Crippen LogP contribution in [0.15, 0.2) is 0 Å². The Labute approximate surface area is 181 Å². The minimum Gasteiger partial charge on any atom is -0.467 e. The molecule has 1 aliphatic heterocycles. The molecule has 0 N–H and O–H groups in total. The number of nitrogens with zero attached hydrogens (tertiary/aromatic N) is 1. The van der Waals surface area contributed by atoms with Gasteiger partial charge in [0, 0.05) is 27.3 Å². The van der Waals surface area contributed by atoms with E-state index < -0.39 is 30.0 Å². The van der Waals surface area contributed by atoms with Crippen LogP contribution in [0.1, 0.15) is 40.5 Å². The number of hydrogen-bond acceptors (Lipinski definition) is 11. The molecule has 12 nitrogen and oxygen atoms in total. The van der Waals surface area contributed by atoms with E-state index in [9.17, 15) is 28.8 Å². The van der Waals surface area contributed by atoms with Gasteiger partial charge < -0.3 is 28.6 Å². The number of likely N-dealkylation sites (tertiary alicyclic amines) is 1. The van der Waals surface area contributed by atoms with Crippen LogP contribution in [0.25, 0.3) is 0 Å². The number of carbonyl (C=O) groups is 6. The van der Waals surface area contributed by atoms with E-state index >= 15 is 0 Å². The molecule has 1 unspecified atom stereocenters. The number of carbonyl (C=O) groups excluding carboxylic acids is 6. The molecule has 2 atom stereocenters. The lowest BCUT2D eigenvalue weighted by Crippen LogP contribution is -2.39. The van der Waals surface area contributed by atoms with Crippen molar-refractivity contribution < 1.29 is 52.5 Å². The molecule has 0 saturated carbocycles. The van der Waals surface area contributed by atoms with Crippen molar-refractivity contribution in [3.05, 3.63) is 0 Å². The molecule has 178 valence electrons. The summed E-state index contributed by atoms with van der Waals surface area (Å²) >= 11 is 0. The van der Waals surface area contributed by atoms with Crippen LogP contribution in [0.5, 0.6) is 0 Å². The summed E-state index contributed by atoms with van der Waals surface area (Å²) in [5.74, 6) is -2.43. The molecule has 1 heterocycles. The number of ether oxygens (including phenoxy) is 5. The van der Waals surface area contributed by atoms with Crippen LogP contribution in [-0.4, -0.2) is 87.3 Å². The molecule has 0 radical (unpaired) electrons. The second-order valence-electron chi connectivity index (χ2n) is 6.02. The molecule has 1 fully saturated rings. The zero-order chi connectivity index (χ0) is 24.6. The topological polar surface area (TPSA) is 152 Å². The summed E-state index contributed by atoms with van der Waals surface area (Å²) in [4.78, 5) is 64.7. The summed E-state index contributed by atoms with van der Waals surface area (Å²) in [6.45, 7) is 5.76. The summed E-state index contributed by atoms with van der Waals surface area (Å²) in [6.07, 6.45) is 0.813. The fourth-order valence-corrected chi connectivity index (χ4v) is 2.21. The zero-order valence-electron chi connectivity index (χ0n) is 18.9. The largest absolute Gasteiger partial charge is 0.467 e. The van der Waals surface area contributed by atoms with Gasteiger partial charge in [-0.15, -0.1) is 0 Å². The average Bonchev–Trinajstić information content (AvgIpc) is 3.21. The van der Waals surface area contributed by atoms with E-state index in [4.69, 9.17) is 0 Å². The van der Waals surface area contributed by atoms with Crippen LogP contribution >= 0.6 is 0 Å². The maximum atomic E-state index is 11.1. The Hall–Kier alpha value is -3.18. The van der Waals surface area contributed by atoms with Crippen LogP contribution < -0.4 is 0 Å². The SMILES string of the molecule is COC(=O)C(C)OC(C)=O.COC(=O)COC(C)=O.COC(=O)[C@@H]1CCCN1C(C)=O. The predicted octanol–water partition coefficient (Wildman–Crippen LogP) is 0.00380. The highest BCUT2D eigenvalue weighted by Crippen LogP contribution is 2.17. The maximum Gasteiger partial charge on any atom is 0.346 e. The fourth-order valence-electron chi connectivity index (χ4n) is 2.21. The first-order chi connectivity index (χ1) is 14.4. The van der Waals surface area contributed by atoms with Gasteiger partial charge >= 0.3 is 29.8 Å². The van der Waals surface area contributed by atoms with Gasteiger partial charge in [0.25, 0.3) is 0 Å². The van der Waals surface area contributed by atoms with E-state index in [-0.39, 0.29) is 24.5 Å². The molecule has 12 heteroatoms. The molecule has 0 aromatic carbocycles. The Morgan fingerprint density at radius 3 is 1.87 bits per heavy atom. The highest BCUT2D eigenvalue weighted by atomic mass is 16.6. The maximum absolute atomic E-state index is 11.1. The quantitative estimate of drug-likeness (QED) is 0.412. The highest BCUT2D eigenvalue weighted by Gasteiger charge is 2.32. The van der Waals surface area contributed by atoms with Crippen molar-refractivity contribution in [3.63, 3.8) is 0 Å². The smallest absolute Gasteiger partial charge is 0.346 e. The fraction of sp³-hybridized carbons (Fsp3) is 0.684. The van der Waals surface area contributed by atoms with Gasteiger partial charge in [-0.05, 0) is 19.8 Å². The van der Waals surface area contributed by atoms with Crippen molar-refractivity contribution in [1.82, 2.24) is 4.90 Å². The first kappa shape index (κ1) is 30.0. The Morgan fingerprint density at radius 1 is 0.903 bits per heavy atom. The van der Waals surface area contributed by atoms with Crippen LogP contribution in [-0.2, 0) is 52.5 Å². The van der Waals surface area contributed by atoms with Crippen LogP contribution in [0.4, 0.5) is 0 Å². The van der Waals surface area contributed by atoms with E-state index in [0.717, 1.165) is 12.8 Å². The first-order valence-electron chi connectivity index (χ1n) is 9.21. The van der Waals surface area contributed by atoms with Crippen LogP contribution in [0.2, 0.25) is 0 Å². The van der Waals surface area contributed by atoms with Crippen molar-refractivity contribution in [1.29, 1.82) is 0 Å². The summed E-state index contributed by atoms with van der Waals surface area (Å²) in [7, 11) is 3.81. The van der Waals surface area contributed by atoms with E-state index in [1.807, 2.05) is 0 Å². The molecule has 0 bridgehead atoms. The minimum atomic E-state index is -0.803. The average molecular weight is 449 g/mol. The number of amides is 1. The lowest BCUT2D eigenvalue weighted by atomic mass is 10.2. The van der Waals surface area contributed by atoms with Gasteiger partial charge in [0.1, 0.15) is 6.04 Å². The van der Waals surface area contributed by atoms with Gasteiger partial charge in [-0.2, -0.15) is 0 Å². The summed E-state index contributed by atoms with van der Waals surface area (Å²) < 4.78 is 21.8. The minimum absolute atomic E-state index is 0.0529. The molecule has 0 aromatic rings. The second kappa shape index (κ2) is 16.6. The number of methoxy groups -OCH3 is 3. The van der Waals surface area contributed by atoms with Crippen molar-refractivity contribution in [2.75, 3.05) is 34.5 Å². The Morgan fingerprint density at radius 2 is 1.48 bits per heavy atom. The number of esters is 5. The lowest BCUT2D eigenvalue weighted by Gasteiger charge is -2.20. The summed E-state index contributed by atoms with van der Waals surface area (Å²) in [5, 5.41) is 0. The highest BCUT2D eigenvalue weighted by molar-refractivity contribution is 5.83. The van der Waals surface area contributed by atoms with Gasteiger partial charge in [0.2, 0.25) is 5.91 Å². The van der Waals surface area contributed by atoms with Gasteiger partial charge in [0.15, 0.2) is 12.7 Å². The Balaban J connectivity index is 0. The van der Waals surface area contributed by atoms with Gasteiger partial charge in [-0.25, -0.2) is 14.4 Å². The Kier molecular flexibility index (Phi) is 16.1. The normalized spacial score (nSPS) is 14.9. The number of hydrogen-bond donors (Lipinski definition) is 0. The van der Waals surface area contributed by atoms with Gasteiger partial charge in [0.05, 0.1) is 21.3 Å². The molecule has 1 rings (SSSR count). The van der Waals surface area contributed by atoms with E-state index in [1.165, 1.54) is 49.0 Å². The van der Waals surface area contributed by atoms with Crippen molar-refractivity contribution in [2.45, 2.75) is 52.7 Å². The van der Waals surface area contributed by atoms with Crippen LogP contribution in [0, 0.1) is 0 Å². The van der Waals surface area contributed by atoms with E-state index in [0.29, 0.717) is 6.54 Å². The predicted molar refractivity (Wildman–Crippen MR) is 104 cm³/mol. The van der Waals surface area contributed by atoms with Gasteiger partial charge in [-0.3, -0.25) is 14.4 Å². The second-order valence-corrected chi connectivity index (χ2v) is 6.02. The van der Waals surface area contributed by atoms with Crippen LogP contribution in [0.3, 0.4) is 0 Å². The summed E-state index contributed by atoms with van der Waals surface area (Å²) in [5.41, 5.74) is 0. The molecule has 0 spiro atoms. The van der Waals surface area contributed by atoms with Gasteiger partial charge in [-0.1, -0.05) is 0 Å². The molecular formula is C19H31NO11. The van der Waals surface area contributed by atoms with Crippen molar-refractivity contribution in [2.24, 2.45) is 0 Å². The lowest BCUT2D eigenvalue weighted by molar-refractivity contribution is -0.163. The Bertz CT molecular complexity index is 632. The first-order valence-corrected chi connectivity index (χ1v) is 9.21. The third kappa shape index (κ3) is 14.4. The molecule has 1 amide bonds. The molecule has 0 aliphatic carbocycles. The molecule has 1 saturated heterocycles. The van der Waals surface area contributed by atoms with Crippen molar-refractivity contribution in [3.8, 4) is 0 Å². The standard InChI is InChI=1S/C8H13NO3.C6H10O4.C5H8O4/c1-6(10)9-5-3-4-7(9)8(11)12-2;1-4(6(8)9-3)10-5(2)7;1-4(6)9-3-5(7)8-2/h7H,3-5H2,1-2H3;4H,1-3H3;3H2,1-2H3/t7-;;/m0../s1. The monoisotopic (exact) mass is 449 g/mol. The third-order valence-electron chi connectivity index (χ3n) is 3.63. The van der Waals surface area contributed by atoms with E-state index in [1.54, 1.807) is 4.90 Å². The molecule has 0 aromatic heterocycles. The van der Waals surface area contributed by atoms with Crippen molar-refractivity contribution >= 4 is 35.8 Å². The molecule has 1 aliphatic rings.